The number of aromatic nitrogens is 3. The van der Waals surface area contributed by atoms with Crippen LogP contribution >= 0.6 is 23.2 Å². The Morgan fingerprint density at radius 2 is 1.90 bits per heavy atom. The summed E-state index contributed by atoms with van der Waals surface area (Å²) in [7, 11) is 0. The van der Waals surface area contributed by atoms with Gasteiger partial charge in [-0.1, -0.05) is 41.4 Å². The van der Waals surface area contributed by atoms with Crippen LogP contribution < -0.4 is 5.32 Å². The van der Waals surface area contributed by atoms with Crippen molar-refractivity contribution in [2.24, 2.45) is 0 Å². The SMILES string of the molecule is CCc1cc(NC(=O)c2nnn(Cc3ccc(Cl)c(Cl)c3)c2C)ccc1C(=O)O. The van der Waals surface area contributed by atoms with E-state index in [0.717, 1.165) is 5.56 Å². The van der Waals surface area contributed by atoms with Gasteiger partial charge in [-0.05, 0) is 54.8 Å². The Balaban J connectivity index is 1.78. The maximum atomic E-state index is 12.6. The van der Waals surface area contributed by atoms with Crippen LogP contribution in [0.1, 0.15) is 44.6 Å². The number of anilines is 1. The molecule has 150 valence electrons. The lowest BCUT2D eigenvalue weighted by molar-refractivity contribution is 0.0695. The summed E-state index contributed by atoms with van der Waals surface area (Å²) in [5.74, 6) is -1.42. The molecule has 0 unspecified atom stereocenters. The van der Waals surface area contributed by atoms with Gasteiger partial charge in [-0.3, -0.25) is 4.79 Å². The number of halogens is 2. The average molecular weight is 433 g/mol. The van der Waals surface area contributed by atoms with Gasteiger partial charge in [-0.2, -0.15) is 0 Å². The molecule has 1 heterocycles. The van der Waals surface area contributed by atoms with Crippen LogP contribution in [-0.2, 0) is 13.0 Å². The number of rotatable bonds is 6. The van der Waals surface area contributed by atoms with Crippen LogP contribution in [0.25, 0.3) is 0 Å². The van der Waals surface area contributed by atoms with E-state index in [2.05, 4.69) is 15.6 Å². The van der Waals surface area contributed by atoms with Crippen molar-refractivity contribution in [3.63, 3.8) is 0 Å². The molecule has 0 saturated carbocycles. The summed E-state index contributed by atoms with van der Waals surface area (Å²) in [6.07, 6.45) is 0.532. The predicted octanol–water partition coefficient (Wildman–Crippen LogP) is 4.45. The number of aromatic carboxylic acids is 1. The van der Waals surface area contributed by atoms with E-state index in [-0.39, 0.29) is 11.3 Å². The Morgan fingerprint density at radius 1 is 1.14 bits per heavy atom. The lowest BCUT2D eigenvalue weighted by Gasteiger charge is -2.09. The van der Waals surface area contributed by atoms with Gasteiger partial charge in [-0.15, -0.1) is 5.10 Å². The van der Waals surface area contributed by atoms with Gasteiger partial charge in [0.1, 0.15) is 0 Å². The largest absolute Gasteiger partial charge is 0.478 e. The van der Waals surface area contributed by atoms with Gasteiger partial charge < -0.3 is 10.4 Å². The van der Waals surface area contributed by atoms with Crippen LogP contribution in [0.4, 0.5) is 5.69 Å². The summed E-state index contributed by atoms with van der Waals surface area (Å²) in [5.41, 5.74) is 2.99. The van der Waals surface area contributed by atoms with E-state index in [1.165, 1.54) is 6.07 Å². The third kappa shape index (κ3) is 4.58. The van der Waals surface area contributed by atoms with Gasteiger partial charge in [0.25, 0.3) is 5.91 Å². The molecule has 2 N–H and O–H groups in total. The Morgan fingerprint density at radius 3 is 2.55 bits per heavy atom. The van der Waals surface area contributed by atoms with Crippen LogP contribution in [0.3, 0.4) is 0 Å². The van der Waals surface area contributed by atoms with Gasteiger partial charge in [0.05, 0.1) is 27.8 Å². The number of hydrogen-bond acceptors (Lipinski definition) is 4. The van der Waals surface area contributed by atoms with Crippen LogP contribution in [0.2, 0.25) is 10.0 Å². The summed E-state index contributed by atoms with van der Waals surface area (Å²) in [5, 5.41) is 20.9. The molecular formula is C20H18Cl2N4O3. The van der Waals surface area contributed by atoms with E-state index in [1.54, 1.807) is 35.9 Å². The first-order valence-corrected chi connectivity index (χ1v) is 9.57. The molecule has 0 aliphatic rings. The molecule has 2 aromatic carbocycles. The zero-order chi connectivity index (χ0) is 21.1. The van der Waals surface area contributed by atoms with Crippen LogP contribution in [0.15, 0.2) is 36.4 Å². The first kappa shape index (κ1) is 20.8. The quantitative estimate of drug-likeness (QED) is 0.599. The molecule has 3 rings (SSSR count). The number of carboxylic acid groups (broad SMARTS) is 1. The van der Waals surface area contributed by atoms with Gasteiger partial charge in [0.15, 0.2) is 5.69 Å². The lowest BCUT2D eigenvalue weighted by Crippen LogP contribution is -2.15. The molecule has 0 bridgehead atoms. The summed E-state index contributed by atoms with van der Waals surface area (Å²) in [4.78, 5) is 23.9. The fraction of sp³-hybridized carbons (Fsp3) is 0.200. The smallest absolute Gasteiger partial charge is 0.335 e. The number of carbonyl (C=O) groups is 2. The molecule has 0 aliphatic carbocycles. The zero-order valence-electron chi connectivity index (χ0n) is 15.7. The summed E-state index contributed by atoms with van der Waals surface area (Å²) in [6, 6.07) is 9.94. The second-order valence-corrected chi connectivity index (χ2v) is 7.23. The number of nitrogens with one attached hydrogen (secondary N) is 1. The Bertz CT molecular complexity index is 1100. The number of carboxylic acids is 1. The van der Waals surface area contributed by atoms with E-state index in [1.807, 2.05) is 13.0 Å². The van der Waals surface area contributed by atoms with Crippen molar-refractivity contribution >= 4 is 40.8 Å². The standard InChI is InChI=1S/C20H18Cl2N4O3/c1-3-13-9-14(5-6-15(13)20(28)29)23-19(27)18-11(2)26(25-24-18)10-12-4-7-16(21)17(22)8-12/h4-9H,3,10H2,1-2H3,(H,23,27)(H,28,29). The van der Waals surface area contributed by atoms with Crippen molar-refractivity contribution in [1.29, 1.82) is 0 Å². The molecule has 3 aromatic rings. The molecule has 9 heteroatoms. The fourth-order valence-corrected chi connectivity index (χ4v) is 3.21. The van der Waals surface area contributed by atoms with Crippen LogP contribution in [-0.4, -0.2) is 32.0 Å². The molecular weight excluding hydrogens is 415 g/mol. The average Bonchev–Trinajstić information content (AvgIpc) is 3.04. The minimum absolute atomic E-state index is 0.186. The normalized spacial score (nSPS) is 10.8. The zero-order valence-corrected chi connectivity index (χ0v) is 17.3. The van der Waals surface area contributed by atoms with E-state index in [0.29, 0.717) is 40.0 Å². The third-order valence-electron chi connectivity index (χ3n) is 4.49. The minimum atomic E-state index is -0.999. The molecule has 0 radical (unpaired) electrons. The second kappa shape index (κ2) is 8.63. The molecule has 0 saturated heterocycles. The van der Waals surface area contributed by atoms with Crippen molar-refractivity contribution in [2.45, 2.75) is 26.8 Å². The molecule has 0 aliphatic heterocycles. The Labute approximate surface area is 177 Å². The van der Waals surface area contributed by atoms with Gasteiger partial charge in [0.2, 0.25) is 0 Å². The van der Waals surface area contributed by atoms with Gasteiger partial charge in [0, 0.05) is 5.69 Å². The number of nitrogens with zero attached hydrogens (tertiary/aromatic N) is 3. The molecule has 7 nitrogen and oxygen atoms in total. The highest BCUT2D eigenvalue weighted by atomic mass is 35.5. The maximum Gasteiger partial charge on any atom is 0.335 e. The lowest BCUT2D eigenvalue weighted by atomic mass is 10.0. The highest BCUT2D eigenvalue weighted by Gasteiger charge is 2.18. The number of hydrogen-bond donors (Lipinski definition) is 2. The van der Waals surface area contributed by atoms with E-state index in [4.69, 9.17) is 23.2 Å². The van der Waals surface area contributed by atoms with E-state index >= 15 is 0 Å². The van der Waals surface area contributed by atoms with Crippen molar-refractivity contribution < 1.29 is 14.7 Å². The topological polar surface area (TPSA) is 97.1 Å². The Hall–Kier alpha value is -2.90. The molecule has 1 aromatic heterocycles. The molecule has 0 atom stereocenters. The number of carbonyl (C=O) groups excluding carboxylic acids is 1. The number of benzene rings is 2. The minimum Gasteiger partial charge on any atom is -0.478 e. The van der Waals surface area contributed by atoms with Crippen LogP contribution in [0, 0.1) is 6.92 Å². The number of amides is 1. The molecule has 0 fully saturated rings. The molecule has 1 amide bonds. The summed E-state index contributed by atoms with van der Waals surface area (Å²) in [6.45, 7) is 3.99. The first-order chi connectivity index (χ1) is 13.8. The second-order valence-electron chi connectivity index (χ2n) is 6.41. The third-order valence-corrected chi connectivity index (χ3v) is 5.23. The van der Waals surface area contributed by atoms with Crippen molar-refractivity contribution in [1.82, 2.24) is 15.0 Å². The summed E-state index contributed by atoms with van der Waals surface area (Å²) < 4.78 is 1.60. The van der Waals surface area contributed by atoms with Crippen molar-refractivity contribution in [3.8, 4) is 0 Å². The van der Waals surface area contributed by atoms with Crippen molar-refractivity contribution in [2.75, 3.05) is 5.32 Å². The Kier molecular flexibility index (Phi) is 6.20. The molecule has 0 spiro atoms. The van der Waals surface area contributed by atoms with E-state index in [9.17, 15) is 14.7 Å². The fourth-order valence-electron chi connectivity index (χ4n) is 2.89. The van der Waals surface area contributed by atoms with E-state index < -0.39 is 11.9 Å². The monoisotopic (exact) mass is 432 g/mol. The highest BCUT2D eigenvalue weighted by Crippen LogP contribution is 2.23. The van der Waals surface area contributed by atoms with Gasteiger partial charge in [-0.25, -0.2) is 9.48 Å². The predicted molar refractivity (Wildman–Crippen MR) is 111 cm³/mol. The van der Waals surface area contributed by atoms with Gasteiger partial charge >= 0.3 is 5.97 Å². The number of aryl methyl sites for hydroxylation is 1. The molecule has 29 heavy (non-hydrogen) atoms. The summed E-state index contributed by atoms with van der Waals surface area (Å²) >= 11 is 12.0. The first-order valence-electron chi connectivity index (χ1n) is 8.81. The van der Waals surface area contributed by atoms with Crippen LogP contribution in [0.5, 0.6) is 0 Å². The van der Waals surface area contributed by atoms with Crippen molar-refractivity contribution in [3.05, 3.63) is 74.5 Å². The highest BCUT2D eigenvalue weighted by molar-refractivity contribution is 6.42. The maximum absolute atomic E-state index is 12.6.